The molecule has 1 aliphatic rings. The number of carbonyl (C=O) groups is 1. The zero-order chi connectivity index (χ0) is 10.7. The van der Waals surface area contributed by atoms with Gasteiger partial charge in [-0.2, -0.15) is 0 Å². The molecular weight excluding hydrogens is 194 g/mol. The smallest absolute Gasteiger partial charge is 0.228 e. The minimum absolute atomic E-state index is 0.129. The van der Waals surface area contributed by atoms with Crippen molar-refractivity contribution in [1.29, 1.82) is 0 Å². The molecule has 2 rings (SSSR count). The van der Waals surface area contributed by atoms with Crippen LogP contribution in [0.3, 0.4) is 0 Å². The highest BCUT2D eigenvalue weighted by Gasteiger charge is 2.17. The van der Waals surface area contributed by atoms with Crippen LogP contribution in [0.4, 0.5) is 0 Å². The Balaban J connectivity index is 1.91. The van der Waals surface area contributed by atoms with Crippen LogP contribution in [0.1, 0.15) is 11.6 Å². The van der Waals surface area contributed by atoms with Gasteiger partial charge in [0.25, 0.3) is 0 Å². The lowest BCUT2D eigenvalue weighted by Gasteiger charge is -2.27. The van der Waals surface area contributed by atoms with E-state index < -0.39 is 0 Å². The van der Waals surface area contributed by atoms with Crippen LogP contribution >= 0.6 is 0 Å². The van der Waals surface area contributed by atoms with Crippen LogP contribution < -0.4 is 5.32 Å². The van der Waals surface area contributed by atoms with Gasteiger partial charge in [-0.15, -0.1) is 0 Å². The third kappa shape index (κ3) is 2.56. The molecule has 15 heavy (non-hydrogen) atoms. The van der Waals surface area contributed by atoms with Gasteiger partial charge in [0.05, 0.1) is 12.1 Å². The van der Waals surface area contributed by atoms with E-state index >= 15 is 0 Å². The number of oxazole rings is 1. The zero-order valence-corrected chi connectivity index (χ0v) is 8.82. The normalized spacial score (nSPS) is 16.7. The molecule has 0 spiro atoms. The molecule has 0 bridgehead atoms. The van der Waals surface area contributed by atoms with Crippen molar-refractivity contribution in [2.24, 2.45) is 0 Å². The predicted molar refractivity (Wildman–Crippen MR) is 54.4 cm³/mol. The van der Waals surface area contributed by atoms with E-state index in [0.29, 0.717) is 12.3 Å². The van der Waals surface area contributed by atoms with Crippen molar-refractivity contribution in [3.05, 3.63) is 17.8 Å². The number of nitrogens with one attached hydrogen (secondary N) is 1. The van der Waals surface area contributed by atoms with Crippen molar-refractivity contribution in [2.75, 3.05) is 26.2 Å². The highest BCUT2D eigenvalue weighted by molar-refractivity contribution is 5.78. The van der Waals surface area contributed by atoms with Gasteiger partial charge in [0.15, 0.2) is 5.89 Å². The Bertz CT molecular complexity index is 342. The maximum atomic E-state index is 11.8. The fourth-order valence-corrected chi connectivity index (χ4v) is 1.67. The van der Waals surface area contributed by atoms with Gasteiger partial charge >= 0.3 is 0 Å². The Labute approximate surface area is 88.5 Å². The molecule has 1 amide bonds. The highest BCUT2D eigenvalue weighted by Crippen LogP contribution is 2.04. The number of amides is 1. The van der Waals surface area contributed by atoms with Gasteiger partial charge in [-0.1, -0.05) is 0 Å². The molecule has 1 fully saturated rings. The van der Waals surface area contributed by atoms with E-state index in [0.717, 1.165) is 31.9 Å². The summed E-state index contributed by atoms with van der Waals surface area (Å²) >= 11 is 0. The van der Waals surface area contributed by atoms with Crippen LogP contribution in [0.5, 0.6) is 0 Å². The standard InChI is InChI=1S/C10H15N3O2/c1-8-12-9(7-15-8)6-10(14)13-4-2-11-3-5-13/h7,11H,2-6H2,1H3. The molecule has 1 aromatic heterocycles. The summed E-state index contributed by atoms with van der Waals surface area (Å²) in [6, 6.07) is 0. The molecule has 0 aliphatic carbocycles. The quantitative estimate of drug-likeness (QED) is 0.742. The summed E-state index contributed by atoms with van der Waals surface area (Å²) < 4.78 is 5.06. The SMILES string of the molecule is Cc1nc(CC(=O)N2CCNCC2)co1. The second kappa shape index (κ2) is 4.44. The summed E-state index contributed by atoms with van der Waals surface area (Å²) in [5.74, 6) is 0.739. The lowest BCUT2D eigenvalue weighted by atomic mass is 10.2. The largest absolute Gasteiger partial charge is 0.449 e. The van der Waals surface area contributed by atoms with Gasteiger partial charge in [-0.3, -0.25) is 4.79 Å². The molecule has 0 aromatic carbocycles. The Morgan fingerprint density at radius 3 is 2.93 bits per heavy atom. The average Bonchev–Trinajstić information content (AvgIpc) is 2.65. The Morgan fingerprint density at radius 1 is 1.60 bits per heavy atom. The maximum absolute atomic E-state index is 11.8. The monoisotopic (exact) mass is 209 g/mol. The molecule has 1 N–H and O–H groups in total. The molecule has 1 aromatic rings. The zero-order valence-electron chi connectivity index (χ0n) is 8.82. The number of carbonyl (C=O) groups excluding carboxylic acids is 1. The van der Waals surface area contributed by atoms with Gasteiger partial charge < -0.3 is 14.6 Å². The summed E-state index contributed by atoms with van der Waals surface area (Å²) in [5.41, 5.74) is 0.719. The topological polar surface area (TPSA) is 58.4 Å². The molecule has 0 atom stereocenters. The molecule has 5 heteroatoms. The van der Waals surface area contributed by atoms with Gasteiger partial charge in [0, 0.05) is 33.1 Å². The van der Waals surface area contributed by atoms with Crippen LogP contribution in [0.15, 0.2) is 10.7 Å². The second-order valence-electron chi connectivity index (χ2n) is 3.67. The summed E-state index contributed by atoms with van der Waals surface area (Å²) in [7, 11) is 0. The van der Waals surface area contributed by atoms with E-state index in [-0.39, 0.29) is 5.91 Å². The fraction of sp³-hybridized carbons (Fsp3) is 0.600. The first-order valence-corrected chi connectivity index (χ1v) is 5.15. The highest BCUT2D eigenvalue weighted by atomic mass is 16.3. The number of hydrogen-bond donors (Lipinski definition) is 1. The van der Waals surface area contributed by atoms with Gasteiger partial charge in [-0.25, -0.2) is 4.98 Å². The molecule has 5 nitrogen and oxygen atoms in total. The summed E-state index contributed by atoms with van der Waals surface area (Å²) in [5, 5.41) is 3.21. The summed E-state index contributed by atoms with van der Waals surface area (Å²) in [6.45, 7) is 5.11. The molecule has 0 saturated carbocycles. The number of nitrogens with zero attached hydrogens (tertiary/aromatic N) is 2. The van der Waals surface area contributed by atoms with Crippen LogP contribution in [-0.4, -0.2) is 42.0 Å². The molecule has 82 valence electrons. The third-order valence-electron chi connectivity index (χ3n) is 2.47. The van der Waals surface area contributed by atoms with Crippen molar-refractivity contribution in [3.8, 4) is 0 Å². The third-order valence-corrected chi connectivity index (χ3v) is 2.47. The molecular formula is C10H15N3O2. The molecule has 0 radical (unpaired) electrons. The maximum Gasteiger partial charge on any atom is 0.228 e. The van der Waals surface area contributed by atoms with Gasteiger partial charge in [0.1, 0.15) is 6.26 Å². The molecule has 1 aliphatic heterocycles. The Kier molecular flexibility index (Phi) is 3.01. The van der Waals surface area contributed by atoms with Gasteiger partial charge in [0.2, 0.25) is 5.91 Å². The number of piperazine rings is 1. The van der Waals surface area contributed by atoms with Gasteiger partial charge in [-0.05, 0) is 0 Å². The minimum atomic E-state index is 0.129. The molecule has 2 heterocycles. The number of aromatic nitrogens is 1. The predicted octanol–water partition coefficient (Wildman–Crippen LogP) is -0.0427. The van der Waals surface area contributed by atoms with E-state index in [2.05, 4.69) is 10.3 Å². The number of rotatable bonds is 2. The van der Waals surface area contributed by atoms with Crippen molar-refractivity contribution >= 4 is 5.91 Å². The van der Waals surface area contributed by atoms with Crippen LogP contribution in [0.25, 0.3) is 0 Å². The van der Waals surface area contributed by atoms with Crippen LogP contribution in [0, 0.1) is 6.92 Å². The van der Waals surface area contributed by atoms with Crippen molar-refractivity contribution in [3.63, 3.8) is 0 Å². The summed E-state index contributed by atoms with van der Waals surface area (Å²) in [6.07, 6.45) is 1.90. The lowest BCUT2D eigenvalue weighted by Crippen LogP contribution is -2.46. The lowest BCUT2D eigenvalue weighted by molar-refractivity contribution is -0.131. The summed E-state index contributed by atoms with van der Waals surface area (Å²) in [4.78, 5) is 17.8. The van der Waals surface area contributed by atoms with Crippen LogP contribution in [0.2, 0.25) is 0 Å². The van der Waals surface area contributed by atoms with E-state index in [9.17, 15) is 4.79 Å². The fourth-order valence-electron chi connectivity index (χ4n) is 1.67. The number of aryl methyl sites for hydroxylation is 1. The van der Waals surface area contributed by atoms with E-state index in [1.807, 2.05) is 4.90 Å². The van der Waals surface area contributed by atoms with E-state index in [1.165, 1.54) is 0 Å². The Morgan fingerprint density at radius 2 is 2.33 bits per heavy atom. The first kappa shape index (κ1) is 10.2. The van der Waals surface area contributed by atoms with Crippen molar-refractivity contribution in [2.45, 2.75) is 13.3 Å². The average molecular weight is 209 g/mol. The number of hydrogen-bond acceptors (Lipinski definition) is 4. The van der Waals surface area contributed by atoms with Crippen molar-refractivity contribution in [1.82, 2.24) is 15.2 Å². The second-order valence-corrected chi connectivity index (χ2v) is 3.67. The van der Waals surface area contributed by atoms with E-state index in [4.69, 9.17) is 4.42 Å². The van der Waals surface area contributed by atoms with Crippen molar-refractivity contribution < 1.29 is 9.21 Å². The molecule has 1 saturated heterocycles. The van der Waals surface area contributed by atoms with E-state index in [1.54, 1.807) is 13.2 Å². The first-order chi connectivity index (χ1) is 7.25. The molecule has 0 unspecified atom stereocenters. The van der Waals surface area contributed by atoms with Crippen LogP contribution in [-0.2, 0) is 11.2 Å². The first-order valence-electron chi connectivity index (χ1n) is 5.15. The Hall–Kier alpha value is -1.36. The minimum Gasteiger partial charge on any atom is -0.449 e.